The van der Waals surface area contributed by atoms with Gasteiger partial charge in [0.15, 0.2) is 0 Å². The first-order valence-electron chi connectivity index (χ1n) is 9.43. The van der Waals surface area contributed by atoms with E-state index in [9.17, 15) is 9.59 Å². The van der Waals surface area contributed by atoms with Crippen LogP contribution >= 0.6 is 11.6 Å². The van der Waals surface area contributed by atoms with Crippen LogP contribution < -0.4 is 10.2 Å². The van der Waals surface area contributed by atoms with E-state index in [2.05, 4.69) is 19.2 Å². The van der Waals surface area contributed by atoms with Crippen LogP contribution in [0, 0.1) is 12.8 Å². The van der Waals surface area contributed by atoms with E-state index in [-0.39, 0.29) is 24.2 Å². The third kappa shape index (κ3) is 3.86. The number of nitrogens with one attached hydrogen (secondary N) is 1. The molecule has 0 spiro atoms. The molecule has 27 heavy (non-hydrogen) atoms. The molecule has 2 amide bonds. The maximum atomic E-state index is 12.9. The Morgan fingerprint density at radius 1 is 1.15 bits per heavy atom. The molecule has 1 fully saturated rings. The number of anilines is 2. The molecule has 3 rings (SSSR count). The minimum Gasteiger partial charge on any atom is -0.325 e. The van der Waals surface area contributed by atoms with Gasteiger partial charge in [-0.15, -0.1) is 0 Å². The number of benzene rings is 2. The van der Waals surface area contributed by atoms with E-state index in [0.717, 1.165) is 40.9 Å². The summed E-state index contributed by atoms with van der Waals surface area (Å²) < 4.78 is 0. The second-order valence-electron chi connectivity index (χ2n) is 6.94. The van der Waals surface area contributed by atoms with Gasteiger partial charge in [-0.1, -0.05) is 49.7 Å². The highest BCUT2D eigenvalue weighted by Crippen LogP contribution is 2.32. The predicted molar refractivity (Wildman–Crippen MR) is 110 cm³/mol. The van der Waals surface area contributed by atoms with Crippen molar-refractivity contribution >= 4 is 34.8 Å². The van der Waals surface area contributed by atoms with Crippen molar-refractivity contribution < 1.29 is 9.59 Å². The largest absolute Gasteiger partial charge is 0.325 e. The Kier molecular flexibility index (Phi) is 5.85. The smallest absolute Gasteiger partial charge is 0.229 e. The van der Waals surface area contributed by atoms with Crippen molar-refractivity contribution in [2.75, 3.05) is 16.8 Å². The third-order valence-corrected chi connectivity index (χ3v) is 5.68. The van der Waals surface area contributed by atoms with E-state index in [1.165, 1.54) is 0 Å². The standard InChI is InChI=1S/C22H25ClN2O2/c1-4-15-8-6-9-16(5-2)21(15)24-22(27)17-12-20(26)25(13-17)19-11-7-10-18(23)14(19)3/h6-11,17H,4-5,12-13H2,1-3H3,(H,24,27)/t17-/m0/s1. The van der Waals surface area contributed by atoms with E-state index < -0.39 is 0 Å². The minimum absolute atomic E-state index is 0.0417. The number of hydrogen-bond donors (Lipinski definition) is 1. The molecule has 0 saturated carbocycles. The van der Waals surface area contributed by atoms with Gasteiger partial charge in [-0.25, -0.2) is 0 Å². The molecular weight excluding hydrogens is 360 g/mol. The number of aryl methyl sites for hydroxylation is 2. The van der Waals surface area contributed by atoms with Gasteiger partial charge in [0.25, 0.3) is 0 Å². The van der Waals surface area contributed by atoms with Crippen molar-refractivity contribution in [2.24, 2.45) is 5.92 Å². The molecule has 1 atom stereocenters. The second-order valence-corrected chi connectivity index (χ2v) is 7.34. The first-order chi connectivity index (χ1) is 13.0. The highest BCUT2D eigenvalue weighted by molar-refractivity contribution is 6.31. The Bertz CT molecular complexity index is 856. The lowest BCUT2D eigenvalue weighted by Gasteiger charge is -2.20. The summed E-state index contributed by atoms with van der Waals surface area (Å²) in [7, 11) is 0. The fourth-order valence-electron chi connectivity index (χ4n) is 3.63. The molecule has 142 valence electrons. The lowest BCUT2D eigenvalue weighted by Crippen LogP contribution is -2.29. The number of hydrogen-bond acceptors (Lipinski definition) is 2. The second kappa shape index (κ2) is 8.13. The average molecular weight is 385 g/mol. The Hall–Kier alpha value is -2.33. The van der Waals surface area contributed by atoms with Crippen molar-refractivity contribution in [3.63, 3.8) is 0 Å². The zero-order valence-corrected chi connectivity index (χ0v) is 16.8. The zero-order valence-electron chi connectivity index (χ0n) is 16.0. The van der Waals surface area contributed by atoms with Gasteiger partial charge in [-0.2, -0.15) is 0 Å². The van der Waals surface area contributed by atoms with Crippen molar-refractivity contribution in [1.82, 2.24) is 0 Å². The van der Waals surface area contributed by atoms with Crippen LogP contribution in [0.15, 0.2) is 36.4 Å². The van der Waals surface area contributed by atoms with Crippen LogP contribution in [0.1, 0.15) is 37.0 Å². The van der Waals surface area contributed by atoms with E-state index >= 15 is 0 Å². The average Bonchev–Trinajstić information content (AvgIpc) is 3.05. The van der Waals surface area contributed by atoms with Gasteiger partial charge in [0.2, 0.25) is 11.8 Å². The number of carbonyl (C=O) groups is 2. The molecule has 1 aliphatic rings. The zero-order chi connectivity index (χ0) is 19.6. The van der Waals surface area contributed by atoms with Gasteiger partial charge < -0.3 is 10.2 Å². The summed E-state index contributed by atoms with van der Waals surface area (Å²) in [5.74, 6) is -0.508. The summed E-state index contributed by atoms with van der Waals surface area (Å²) in [5.41, 5.74) is 4.78. The van der Waals surface area contributed by atoms with E-state index in [0.29, 0.717) is 11.6 Å². The third-order valence-electron chi connectivity index (χ3n) is 5.27. The molecule has 0 aromatic heterocycles. The fourth-order valence-corrected chi connectivity index (χ4v) is 3.80. The van der Waals surface area contributed by atoms with Gasteiger partial charge in [0, 0.05) is 29.4 Å². The van der Waals surface area contributed by atoms with Crippen LogP contribution in [0.4, 0.5) is 11.4 Å². The highest BCUT2D eigenvalue weighted by atomic mass is 35.5. The SMILES string of the molecule is CCc1cccc(CC)c1NC(=O)[C@H]1CC(=O)N(c2cccc(Cl)c2C)C1. The van der Waals surface area contributed by atoms with Crippen molar-refractivity contribution in [3.05, 3.63) is 58.1 Å². The van der Waals surface area contributed by atoms with Gasteiger partial charge in [0.05, 0.1) is 5.92 Å². The summed E-state index contributed by atoms with van der Waals surface area (Å²) >= 11 is 6.20. The minimum atomic E-state index is -0.370. The highest BCUT2D eigenvalue weighted by Gasteiger charge is 2.36. The number of halogens is 1. The number of para-hydroxylation sites is 1. The maximum Gasteiger partial charge on any atom is 0.229 e. The van der Waals surface area contributed by atoms with E-state index in [4.69, 9.17) is 11.6 Å². The molecule has 0 radical (unpaired) electrons. The lowest BCUT2D eigenvalue weighted by molar-refractivity contribution is -0.122. The van der Waals surface area contributed by atoms with Gasteiger partial charge in [-0.05, 0) is 48.6 Å². The predicted octanol–water partition coefficient (Wildman–Crippen LogP) is 4.76. The van der Waals surface area contributed by atoms with Gasteiger partial charge >= 0.3 is 0 Å². The van der Waals surface area contributed by atoms with Crippen LogP contribution in [-0.4, -0.2) is 18.4 Å². The van der Waals surface area contributed by atoms with Crippen molar-refractivity contribution in [1.29, 1.82) is 0 Å². The van der Waals surface area contributed by atoms with E-state index in [1.807, 2.05) is 37.3 Å². The van der Waals surface area contributed by atoms with Crippen molar-refractivity contribution in [2.45, 2.75) is 40.0 Å². The van der Waals surface area contributed by atoms with Gasteiger partial charge in [0.1, 0.15) is 0 Å². The topological polar surface area (TPSA) is 49.4 Å². The molecule has 1 saturated heterocycles. The quantitative estimate of drug-likeness (QED) is 0.807. The molecule has 1 heterocycles. The molecule has 0 unspecified atom stereocenters. The number of carbonyl (C=O) groups excluding carboxylic acids is 2. The molecule has 5 heteroatoms. The molecule has 1 N–H and O–H groups in total. The molecule has 4 nitrogen and oxygen atoms in total. The Morgan fingerprint density at radius 3 is 2.41 bits per heavy atom. The monoisotopic (exact) mass is 384 g/mol. The van der Waals surface area contributed by atoms with Crippen LogP contribution in [0.3, 0.4) is 0 Å². The van der Waals surface area contributed by atoms with Crippen LogP contribution in [-0.2, 0) is 22.4 Å². The van der Waals surface area contributed by atoms with Crippen LogP contribution in [0.2, 0.25) is 5.02 Å². The lowest BCUT2D eigenvalue weighted by atomic mass is 10.0. The Labute approximate surface area is 165 Å². The summed E-state index contributed by atoms with van der Waals surface area (Å²) in [5, 5.41) is 3.72. The first kappa shape index (κ1) is 19.4. The maximum absolute atomic E-state index is 12.9. The molecule has 0 bridgehead atoms. The molecule has 2 aromatic rings. The van der Waals surface area contributed by atoms with Crippen molar-refractivity contribution in [3.8, 4) is 0 Å². The number of amides is 2. The fraction of sp³-hybridized carbons (Fsp3) is 0.364. The van der Waals surface area contributed by atoms with Crippen LogP contribution in [0.5, 0.6) is 0 Å². The Morgan fingerprint density at radius 2 is 1.78 bits per heavy atom. The summed E-state index contributed by atoms with van der Waals surface area (Å²) in [6, 6.07) is 11.6. The first-order valence-corrected chi connectivity index (χ1v) is 9.81. The van der Waals surface area contributed by atoms with E-state index in [1.54, 1.807) is 11.0 Å². The number of nitrogens with zero attached hydrogens (tertiary/aromatic N) is 1. The molecule has 0 aliphatic carbocycles. The summed E-state index contributed by atoms with van der Waals surface area (Å²) in [6.07, 6.45) is 1.91. The molecule has 2 aromatic carbocycles. The summed E-state index contributed by atoms with van der Waals surface area (Å²) in [6.45, 7) is 6.42. The van der Waals surface area contributed by atoms with Gasteiger partial charge in [-0.3, -0.25) is 9.59 Å². The van der Waals surface area contributed by atoms with Crippen LogP contribution in [0.25, 0.3) is 0 Å². The molecular formula is C22H25ClN2O2. The normalized spacial score (nSPS) is 16.7. The number of rotatable bonds is 5. The molecule has 1 aliphatic heterocycles. The summed E-state index contributed by atoms with van der Waals surface area (Å²) in [4.78, 5) is 27.1. The Balaban J connectivity index is 1.80.